The average Bonchev–Trinajstić information content (AvgIpc) is 2.58. The van der Waals surface area contributed by atoms with Crippen molar-refractivity contribution in [1.29, 1.82) is 0 Å². The minimum absolute atomic E-state index is 0.00842. The van der Waals surface area contributed by atoms with Crippen LogP contribution in [0.2, 0.25) is 0 Å². The fraction of sp³-hybridized carbons (Fsp3) is 0.933. The predicted octanol–water partition coefficient (Wildman–Crippen LogP) is 3.03. The zero-order valence-corrected chi connectivity index (χ0v) is 13.9. The molecule has 1 fully saturated rings. The monoisotopic (exact) mass is 287 g/mol. The molecule has 3 atom stereocenters. The highest BCUT2D eigenvalue weighted by atomic mass is 32.2. The molecule has 0 spiro atoms. The molecule has 4 heteroatoms. The number of hydrogen-bond donors (Lipinski definition) is 2. The Hall–Kier alpha value is -0.0600. The number of thioether (sulfide) groups is 1. The summed E-state index contributed by atoms with van der Waals surface area (Å²) in [6.45, 7) is 13.0. The molecule has 19 heavy (non-hydrogen) atoms. The zero-order chi connectivity index (χ0) is 14.8. The Morgan fingerprint density at radius 1 is 1.32 bits per heavy atom. The van der Waals surface area contributed by atoms with Gasteiger partial charge in [0.2, 0.25) is 5.12 Å². The molecule has 0 radical (unpaired) electrons. The second kappa shape index (κ2) is 6.15. The molecule has 0 aromatic rings. The minimum atomic E-state index is -0.619. The van der Waals surface area contributed by atoms with Crippen molar-refractivity contribution in [2.75, 3.05) is 5.75 Å². The highest BCUT2D eigenvalue weighted by Crippen LogP contribution is 2.38. The molecule has 3 unspecified atom stereocenters. The number of rotatable bonds is 4. The van der Waals surface area contributed by atoms with Crippen LogP contribution in [0.15, 0.2) is 0 Å². The van der Waals surface area contributed by atoms with Crippen LogP contribution in [0.3, 0.4) is 0 Å². The van der Waals surface area contributed by atoms with Gasteiger partial charge in [-0.25, -0.2) is 0 Å². The molecule has 112 valence electrons. The first kappa shape index (κ1) is 17.0. The lowest BCUT2D eigenvalue weighted by atomic mass is 9.71. The van der Waals surface area contributed by atoms with Crippen LogP contribution in [0, 0.1) is 16.7 Å². The molecule has 0 aromatic heterocycles. The second-order valence-corrected chi connectivity index (χ2v) is 8.96. The number of carbonyl (C=O) groups is 1. The van der Waals surface area contributed by atoms with E-state index in [1.165, 1.54) is 11.8 Å². The average molecular weight is 287 g/mol. The Balaban J connectivity index is 2.71. The Kier molecular flexibility index (Phi) is 5.50. The van der Waals surface area contributed by atoms with Crippen LogP contribution < -0.4 is 5.32 Å². The number of carbonyl (C=O) groups excluding carboxylic acids is 1. The maximum Gasteiger partial charge on any atom is 0.205 e. The molecule has 0 aliphatic carbocycles. The first-order valence-corrected chi connectivity index (χ1v) is 8.10. The van der Waals surface area contributed by atoms with E-state index in [4.69, 9.17) is 0 Å². The molecule has 3 nitrogen and oxygen atoms in total. The smallest absolute Gasteiger partial charge is 0.205 e. The van der Waals surface area contributed by atoms with Gasteiger partial charge >= 0.3 is 0 Å². The molecule has 0 amide bonds. The van der Waals surface area contributed by atoms with Gasteiger partial charge in [-0.2, -0.15) is 0 Å². The van der Waals surface area contributed by atoms with E-state index in [-0.39, 0.29) is 27.9 Å². The van der Waals surface area contributed by atoms with Gasteiger partial charge in [0.25, 0.3) is 0 Å². The molecule has 1 rings (SSSR count). The van der Waals surface area contributed by atoms with E-state index in [0.29, 0.717) is 0 Å². The summed E-state index contributed by atoms with van der Waals surface area (Å²) in [6.07, 6.45) is 1.14. The summed E-state index contributed by atoms with van der Waals surface area (Å²) in [7, 11) is 0. The summed E-state index contributed by atoms with van der Waals surface area (Å²) in [5.74, 6) is 0.994. The third kappa shape index (κ3) is 5.44. The fourth-order valence-electron chi connectivity index (χ4n) is 2.52. The second-order valence-electron chi connectivity index (χ2n) is 7.86. The van der Waals surface area contributed by atoms with Gasteiger partial charge in [-0.1, -0.05) is 53.3 Å². The lowest BCUT2D eigenvalue weighted by molar-refractivity contribution is -0.114. The van der Waals surface area contributed by atoms with Crippen molar-refractivity contribution in [3.05, 3.63) is 0 Å². The quantitative estimate of drug-likeness (QED) is 0.780. The van der Waals surface area contributed by atoms with E-state index in [1.807, 2.05) is 0 Å². The molecule has 0 aromatic carbocycles. The summed E-state index contributed by atoms with van der Waals surface area (Å²) in [5.41, 5.74) is 0.170. The lowest BCUT2D eigenvalue weighted by Gasteiger charge is -2.39. The van der Waals surface area contributed by atoms with Gasteiger partial charge in [0.1, 0.15) is 6.23 Å². The van der Waals surface area contributed by atoms with Gasteiger partial charge in [-0.05, 0) is 23.7 Å². The predicted molar refractivity (Wildman–Crippen MR) is 82.0 cm³/mol. The van der Waals surface area contributed by atoms with E-state index in [9.17, 15) is 9.90 Å². The van der Waals surface area contributed by atoms with Crippen molar-refractivity contribution >= 4 is 16.9 Å². The molecule has 1 aliphatic rings. The summed E-state index contributed by atoms with van der Waals surface area (Å²) in [6, 6.07) is -0.176. The van der Waals surface area contributed by atoms with Crippen molar-refractivity contribution in [2.45, 2.75) is 66.7 Å². The number of aliphatic hydroxyl groups is 1. The van der Waals surface area contributed by atoms with Crippen LogP contribution in [0.5, 0.6) is 0 Å². The summed E-state index contributed by atoms with van der Waals surface area (Å²) in [5, 5.41) is 13.8. The Morgan fingerprint density at radius 2 is 1.89 bits per heavy atom. The van der Waals surface area contributed by atoms with Crippen molar-refractivity contribution in [3.8, 4) is 0 Å². The van der Waals surface area contributed by atoms with Gasteiger partial charge in [-0.15, -0.1) is 0 Å². The third-order valence-corrected chi connectivity index (χ3v) is 4.64. The Morgan fingerprint density at radius 3 is 2.26 bits per heavy atom. The van der Waals surface area contributed by atoms with Crippen LogP contribution in [0.1, 0.15) is 54.4 Å². The number of aliphatic hydroxyl groups excluding tert-OH is 1. The van der Waals surface area contributed by atoms with Gasteiger partial charge in [0.05, 0.1) is 6.04 Å². The van der Waals surface area contributed by atoms with Crippen LogP contribution in [-0.4, -0.2) is 28.2 Å². The summed E-state index contributed by atoms with van der Waals surface area (Å²) in [4.78, 5) is 11.7. The Bertz CT molecular complexity index is 317. The van der Waals surface area contributed by atoms with E-state index < -0.39 is 6.23 Å². The topological polar surface area (TPSA) is 49.3 Å². The van der Waals surface area contributed by atoms with Crippen LogP contribution in [0.4, 0.5) is 0 Å². The maximum absolute atomic E-state index is 11.7. The van der Waals surface area contributed by atoms with Crippen molar-refractivity contribution in [3.63, 3.8) is 0 Å². The number of nitrogens with one attached hydrogen (secondary N) is 1. The first-order chi connectivity index (χ1) is 8.50. The molecule has 0 bridgehead atoms. The number of hydrogen-bond acceptors (Lipinski definition) is 4. The van der Waals surface area contributed by atoms with Crippen molar-refractivity contribution < 1.29 is 9.90 Å². The van der Waals surface area contributed by atoms with Gasteiger partial charge in [0.15, 0.2) is 0 Å². The van der Waals surface area contributed by atoms with Crippen molar-refractivity contribution in [1.82, 2.24) is 5.32 Å². The highest BCUT2D eigenvalue weighted by molar-refractivity contribution is 8.14. The molecule has 1 heterocycles. The van der Waals surface area contributed by atoms with E-state index in [2.05, 4.69) is 46.9 Å². The van der Waals surface area contributed by atoms with Crippen LogP contribution in [-0.2, 0) is 4.79 Å². The molecule has 1 saturated heterocycles. The molecule has 1 aliphatic heterocycles. The highest BCUT2D eigenvalue weighted by Gasteiger charge is 2.37. The Labute approximate surface area is 121 Å². The van der Waals surface area contributed by atoms with Gasteiger partial charge in [0, 0.05) is 11.7 Å². The van der Waals surface area contributed by atoms with Crippen LogP contribution >= 0.6 is 11.8 Å². The van der Waals surface area contributed by atoms with E-state index >= 15 is 0 Å². The minimum Gasteiger partial charge on any atom is -0.378 e. The largest absolute Gasteiger partial charge is 0.378 e. The van der Waals surface area contributed by atoms with Crippen molar-refractivity contribution in [2.24, 2.45) is 16.7 Å². The maximum atomic E-state index is 11.7. The van der Waals surface area contributed by atoms with Gasteiger partial charge in [-0.3, -0.25) is 10.1 Å². The van der Waals surface area contributed by atoms with E-state index in [0.717, 1.165) is 18.6 Å². The first-order valence-electron chi connectivity index (χ1n) is 7.11. The standard InChI is InChI=1S/C15H29NO2S/c1-14(2,3)9-10(15(4,5)6)12(17)16-11-7-8-19-13(11)18/h10-12,16-17H,7-9H2,1-6H3. The molecular formula is C15H29NO2S. The molecular weight excluding hydrogens is 258 g/mol. The zero-order valence-electron chi connectivity index (χ0n) is 13.1. The summed E-state index contributed by atoms with van der Waals surface area (Å²) < 4.78 is 0. The molecule has 2 N–H and O–H groups in total. The SMILES string of the molecule is CC(C)(C)CC(C(O)NC1CCSC1=O)C(C)(C)C. The van der Waals surface area contributed by atoms with Crippen LogP contribution in [0.25, 0.3) is 0 Å². The fourth-order valence-corrected chi connectivity index (χ4v) is 3.46. The normalized spacial score (nSPS) is 24.6. The lowest BCUT2D eigenvalue weighted by Crippen LogP contribution is -2.49. The third-order valence-electron chi connectivity index (χ3n) is 3.63. The molecule has 0 saturated carbocycles. The van der Waals surface area contributed by atoms with Gasteiger partial charge < -0.3 is 5.11 Å². The van der Waals surface area contributed by atoms with E-state index in [1.54, 1.807) is 0 Å². The summed E-state index contributed by atoms with van der Waals surface area (Å²) >= 11 is 1.37.